The number of aryl methyl sites for hydroxylation is 1. The Labute approximate surface area is 130 Å². The molecule has 0 fully saturated rings. The van der Waals surface area contributed by atoms with Gasteiger partial charge in [0.2, 0.25) is 10.0 Å². The van der Waals surface area contributed by atoms with Gasteiger partial charge in [-0.15, -0.1) is 0 Å². The fourth-order valence-electron chi connectivity index (χ4n) is 2.05. The molecule has 0 spiro atoms. The third-order valence-corrected chi connectivity index (χ3v) is 4.65. The molecule has 22 heavy (non-hydrogen) atoms. The molecule has 2 aromatic rings. The SMILES string of the molecule is CCCCS(=O)(=O)Nc1c(C)cnn1Cc1ccccc1F. The van der Waals surface area contributed by atoms with Crippen LogP contribution in [-0.4, -0.2) is 24.0 Å². The van der Waals surface area contributed by atoms with Gasteiger partial charge in [0.25, 0.3) is 0 Å². The second kappa shape index (κ2) is 6.91. The van der Waals surface area contributed by atoms with Crippen LogP contribution in [-0.2, 0) is 16.6 Å². The lowest BCUT2D eigenvalue weighted by molar-refractivity contribution is 0.585. The molecule has 0 saturated heterocycles. The first kappa shape index (κ1) is 16.5. The summed E-state index contributed by atoms with van der Waals surface area (Å²) in [5, 5.41) is 4.14. The van der Waals surface area contributed by atoms with Crippen LogP contribution in [0.4, 0.5) is 10.2 Å². The fourth-order valence-corrected chi connectivity index (χ4v) is 3.38. The minimum atomic E-state index is -3.42. The van der Waals surface area contributed by atoms with Gasteiger partial charge in [-0.2, -0.15) is 5.10 Å². The van der Waals surface area contributed by atoms with Gasteiger partial charge >= 0.3 is 0 Å². The Morgan fingerprint density at radius 3 is 2.73 bits per heavy atom. The van der Waals surface area contributed by atoms with Crippen LogP contribution >= 0.6 is 0 Å². The number of benzene rings is 1. The van der Waals surface area contributed by atoms with E-state index in [0.717, 1.165) is 6.42 Å². The van der Waals surface area contributed by atoms with E-state index in [-0.39, 0.29) is 18.1 Å². The normalized spacial score (nSPS) is 11.6. The third-order valence-electron chi connectivity index (χ3n) is 3.32. The van der Waals surface area contributed by atoms with E-state index >= 15 is 0 Å². The summed E-state index contributed by atoms with van der Waals surface area (Å²) in [4.78, 5) is 0. The number of nitrogens with zero attached hydrogens (tertiary/aromatic N) is 2. The summed E-state index contributed by atoms with van der Waals surface area (Å²) in [6.07, 6.45) is 2.96. The summed E-state index contributed by atoms with van der Waals surface area (Å²) >= 11 is 0. The molecule has 0 radical (unpaired) electrons. The van der Waals surface area contributed by atoms with Crippen LogP contribution < -0.4 is 4.72 Å². The van der Waals surface area contributed by atoms with Gasteiger partial charge < -0.3 is 0 Å². The van der Waals surface area contributed by atoms with Crippen molar-refractivity contribution in [2.45, 2.75) is 33.2 Å². The summed E-state index contributed by atoms with van der Waals surface area (Å²) in [5.41, 5.74) is 1.16. The Kier molecular flexibility index (Phi) is 5.18. The van der Waals surface area contributed by atoms with Crippen LogP contribution in [0.1, 0.15) is 30.9 Å². The first-order chi connectivity index (χ1) is 10.4. The van der Waals surface area contributed by atoms with Crippen molar-refractivity contribution in [1.82, 2.24) is 9.78 Å². The summed E-state index contributed by atoms with van der Waals surface area (Å²) in [6.45, 7) is 3.87. The second-order valence-electron chi connectivity index (χ2n) is 5.20. The van der Waals surface area contributed by atoms with E-state index in [0.29, 0.717) is 23.4 Å². The Bertz CT molecular complexity index is 741. The monoisotopic (exact) mass is 325 g/mol. The maximum Gasteiger partial charge on any atom is 0.233 e. The first-order valence-electron chi connectivity index (χ1n) is 7.19. The van der Waals surface area contributed by atoms with Crippen LogP contribution in [0.5, 0.6) is 0 Å². The van der Waals surface area contributed by atoms with Gasteiger partial charge in [0.1, 0.15) is 11.6 Å². The number of nitrogens with one attached hydrogen (secondary N) is 1. The molecule has 5 nitrogen and oxygen atoms in total. The van der Waals surface area contributed by atoms with E-state index in [1.807, 2.05) is 6.92 Å². The molecule has 1 aromatic heterocycles. The van der Waals surface area contributed by atoms with Crippen molar-refractivity contribution in [2.24, 2.45) is 0 Å². The summed E-state index contributed by atoms with van der Waals surface area (Å²) in [6, 6.07) is 6.37. The lowest BCUT2D eigenvalue weighted by atomic mass is 10.2. The maximum atomic E-state index is 13.7. The zero-order valence-electron chi connectivity index (χ0n) is 12.7. The number of hydrogen-bond acceptors (Lipinski definition) is 3. The van der Waals surface area contributed by atoms with E-state index in [4.69, 9.17) is 0 Å². The molecule has 0 aliphatic carbocycles. The minimum Gasteiger partial charge on any atom is -0.267 e. The molecule has 1 aromatic carbocycles. The third kappa shape index (κ3) is 4.07. The molecule has 0 bridgehead atoms. The molecule has 0 saturated carbocycles. The minimum absolute atomic E-state index is 0.0633. The molecule has 2 rings (SSSR count). The van der Waals surface area contributed by atoms with Gasteiger partial charge in [0, 0.05) is 11.1 Å². The lowest BCUT2D eigenvalue weighted by Gasteiger charge is -2.12. The highest BCUT2D eigenvalue weighted by atomic mass is 32.2. The van der Waals surface area contributed by atoms with E-state index in [9.17, 15) is 12.8 Å². The Morgan fingerprint density at radius 1 is 1.32 bits per heavy atom. The number of unbranched alkanes of at least 4 members (excludes halogenated alkanes) is 1. The topological polar surface area (TPSA) is 64.0 Å². The van der Waals surface area contributed by atoms with Gasteiger partial charge in [-0.3, -0.25) is 4.72 Å². The standard InChI is InChI=1S/C15H20FN3O2S/c1-3-4-9-22(20,21)18-15-12(2)10-17-19(15)11-13-7-5-6-8-14(13)16/h5-8,10,18H,3-4,9,11H2,1-2H3. The first-order valence-corrected chi connectivity index (χ1v) is 8.84. The average molecular weight is 325 g/mol. The summed E-state index contributed by atoms with van der Waals surface area (Å²) < 4.78 is 41.9. The van der Waals surface area contributed by atoms with E-state index in [2.05, 4.69) is 9.82 Å². The van der Waals surface area contributed by atoms with Crippen molar-refractivity contribution < 1.29 is 12.8 Å². The van der Waals surface area contributed by atoms with Gasteiger partial charge in [-0.25, -0.2) is 17.5 Å². The van der Waals surface area contributed by atoms with Crippen LogP contribution in [0.25, 0.3) is 0 Å². The molecule has 1 N–H and O–H groups in total. The molecule has 0 atom stereocenters. The van der Waals surface area contributed by atoms with Crippen molar-refractivity contribution in [3.05, 3.63) is 47.4 Å². The molecule has 1 heterocycles. The predicted octanol–water partition coefficient (Wildman–Crippen LogP) is 2.92. The fraction of sp³-hybridized carbons (Fsp3) is 0.400. The van der Waals surface area contributed by atoms with Crippen molar-refractivity contribution in [3.63, 3.8) is 0 Å². The molecule has 7 heteroatoms. The largest absolute Gasteiger partial charge is 0.267 e. The molecule has 0 unspecified atom stereocenters. The molecule has 120 valence electrons. The highest BCUT2D eigenvalue weighted by Crippen LogP contribution is 2.19. The molecule has 0 amide bonds. The molecular weight excluding hydrogens is 305 g/mol. The lowest BCUT2D eigenvalue weighted by Crippen LogP contribution is -2.20. The predicted molar refractivity (Wildman–Crippen MR) is 84.8 cm³/mol. The van der Waals surface area contributed by atoms with Gasteiger partial charge in [0.15, 0.2) is 0 Å². The van der Waals surface area contributed by atoms with Crippen LogP contribution in [0.3, 0.4) is 0 Å². The zero-order chi connectivity index (χ0) is 16.2. The highest BCUT2D eigenvalue weighted by molar-refractivity contribution is 7.92. The van der Waals surface area contributed by atoms with Gasteiger partial charge in [-0.05, 0) is 19.4 Å². The van der Waals surface area contributed by atoms with E-state index < -0.39 is 10.0 Å². The quantitative estimate of drug-likeness (QED) is 0.851. The van der Waals surface area contributed by atoms with Crippen molar-refractivity contribution >= 4 is 15.8 Å². The van der Waals surface area contributed by atoms with Crippen LogP contribution in [0, 0.1) is 12.7 Å². The molecule has 0 aliphatic heterocycles. The Hall–Kier alpha value is -1.89. The Balaban J connectivity index is 2.23. The summed E-state index contributed by atoms with van der Waals surface area (Å²) in [5.74, 6) is 0.114. The van der Waals surface area contributed by atoms with E-state index in [1.54, 1.807) is 31.3 Å². The molecule has 0 aliphatic rings. The van der Waals surface area contributed by atoms with Crippen molar-refractivity contribution in [3.8, 4) is 0 Å². The average Bonchev–Trinajstić information content (AvgIpc) is 2.80. The highest BCUT2D eigenvalue weighted by Gasteiger charge is 2.16. The maximum absolute atomic E-state index is 13.7. The van der Waals surface area contributed by atoms with Gasteiger partial charge in [0.05, 0.1) is 18.5 Å². The Morgan fingerprint density at radius 2 is 2.05 bits per heavy atom. The van der Waals surface area contributed by atoms with Crippen molar-refractivity contribution in [2.75, 3.05) is 10.5 Å². The number of aromatic nitrogens is 2. The zero-order valence-corrected chi connectivity index (χ0v) is 13.5. The summed E-state index contributed by atoms with van der Waals surface area (Å²) in [7, 11) is -3.42. The number of sulfonamides is 1. The van der Waals surface area contributed by atoms with Crippen molar-refractivity contribution in [1.29, 1.82) is 0 Å². The number of rotatable bonds is 7. The smallest absolute Gasteiger partial charge is 0.233 e. The van der Waals surface area contributed by atoms with Gasteiger partial charge in [-0.1, -0.05) is 31.5 Å². The molecular formula is C15H20FN3O2S. The van der Waals surface area contributed by atoms with Crippen LogP contribution in [0.2, 0.25) is 0 Å². The second-order valence-corrected chi connectivity index (χ2v) is 7.04. The van der Waals surface area contributed by atoms with Crippen LogP contribution in [0.15, 0.2) is 30.5 Å². The van der Waals surface area contributed by atoms with E-state index in [1.165, 1.54) is 10.7 Å². The number of halogens is 1. The number of anilines is 1. The number of hydrogen-bond donors (Lipinski definition) is 1.